The first-order valence-electron chi connectivity index (χ1n) is 10.6. The van der Waals surface area contributed by atoms with Crippen molar-refractivity contribution in [3.05, 3.63) is 87.2 Å². The van der Waals surface area contributed by atoms with Crippen molar-refractivity contribution in [2.45, 2.75) is 20.0 Å². The van der Waals surface area contributed by atoms with E-state index in [1.807, 2.05) is 24.3 Å². The highest BCUT2D eigenvalue weighted by molar-refractivity contribution is 5.96. The minimum absolute atomic E-state index is 0.193. The van der Waals surface area contributed by atoms with Crippen LogP contribution < -0.4 is 10.2 Å². The monoisotopic (exact) mass is 434 g/mol. The number of carbonyl (C=O) groups is 1. The van der Waals surface area contributed by atoms with Crippen LogP contribution in [0.4, 0.5) is 11.4 Å². The fraction of sp³-hybridized carbons (Fsp3) is 0.304. The number of amides is 1. The molecule has 1 aromatic heterocycles. The summed E-state index contributed by atoms with van der Waals surface area (Å²) in [6, 6.07) is 18.4. The third-order valence-corrected chi connectivity index (χ3v) is 5.76. The van der Waals surface area contributed by atoms with Gasteiger partial charge in [-0.15, -0.1) is 0 Å². The van der Waals surface area contributed by atoms with Gasteiger partial charge in [-0.1, -0.05) is 42.5 Å². The zero-order chi connectivity index (χ0) is 22.5. The van der Waals surface area contributed by atoms with Gasteiger partial charge in [0, 0.05) is 45.0 Å². The zero-order valence-electron chi connectivity index (χ0n) is 18.0. The summed E-state index contributed by atoms with van der Waals surface area (Å²) in [5, 5.41) is 20.3. The van der Waals surface area contributed by atoms with E-state index in [2.05, 4.69) is 55.6 Å². The molecule has 0 spiro atoms. The van der Waals surface area contributed by atoms with Crippen LogP contribution >= 0.6 is 0 Å². The molecule has 1 aliphatic rings. The number of para-hydroxylation sites is 1. The minimum atomic E-state index is -0.587. The van der Waals surface area contributed by atoms with Crippen molar-refractivity contribution in [3.8, 4) is 0 Å². The lowest BCUT2D eigenvalue weighted by Crippen LogP contribution is -2.46. The molecule has 0 atom stereocenters. The van der Waals surface area contributed by atoms with E-state index in [4.69, 9.17) is 0 Å². The average molecular weight is 435 g/mol. The smallest absolute Gasteiger partial charge is 0.322 e. The first-order chi connectivity index (χ1) is 15.5. The normalized spacial score (nSPS) is 14.3. The number of nitrogens with zero attached hydrogens (tertiary/aromatic N) is 4. The lowest BCUT2D eigenvalue weighted by molar-refractivity contribution is -0.385. The molecule has 0 aliphatic carbocycles. The Kier molecular flexibility index (Phi) is 6.46. The second-order valence-electron chi connectivity index (χ2n) is 7.85. The Balaban J connectivity index is 1.37. The summed E-state index contributed by atoms with van der Waals surface area (Å²) in [6.07, 6.45) is 0. The first kappa shape index (κ1) is 21.5. The van der Waals surface area contributed by atoms with Crippen LogP contribution in [0.2, 0.25) is 0 Å². The Morgan fingerprint density at radius 1 is 1.06 bits per heavy atom. The molecule has 2 aromatic carbocycles. The molecule has 32 heavy (non-hydrogen) atoms. The van der Waals surface area contributed by atoms with Crippen molar-refractivity contribution in [1.29, 1.82) is 0 Å². The Labute approximate surface area is 186 Å². The average Bonchev–Trinajstić information content (AvgIpc) is 3.21. The van der Waals surface area contributed by atoms with Crippen LogP contribution in [-0.2, 0) is 13.1 Å². The van der Waals surface area contributed by atoms with Crippen molar-refractivity contribution >= 4 is 17.3 Å². The molecule has 1 aliphatic heterocycles. The fourth-order valence-corrected chi connectivity index (χ4v) is 3.99. The summed E-state index contributed by atoms with van der Waals surface area (Å²) in [4.78, 5) is 28.0. The third kappa shape index (κ3) is 4.78. The fourth-order valence-electron chi connectivity index (χ4n) is 3.99. The molecule has 9 heteroatoms. The number of nitrogens with one attached hydrogen (secondary N) is 2. The van der Waals surface area contributed by atoms with Crippen LogP contribution in [0, 0.1) is 17.0 Å². The van der Waals surface area contributed by atoms with Crippen LogP contribution in [0.5, 0.6) is 0 Å². The highest BCUT2D eigenvalue weighted by atomic mass is 16.6. The molecule has 2 N–H and O–H groups in total. The van der Waals surface area contributed by atoms with Crippen molar-refractivity contribution in [3.63, 3.8) is 0 Å². The number of rotatable bonds is 7. The molecule has 9 nitrogen and oxygen atoms in total. The van der Waals surface area contributed by atoms with E-state index in [1.54, 1.807) is 0 Å². The van der Waals surface area contributed by atoms with Gasteiger partial charge >= 0.3 is 5.69 Å². The van der Waals surface area contributed by atoms with Gasteiger partial charge in [0.05, 0.1) is 4.92 Å². The topological polar surface area (TPSA) is 107 Å². The van der Waals surface area contributed by atoms with Gasteiger partial charge in [-0.25, -0.2) is 0 Å². The van der Waals surface area contributed by atoms with E-state index in [1.165, 1.54) is 12.6 Å². The standard InChI is InChI=1S/C23H26N6O3/c1-17-22(29(31)32)21(26-25-17)23(30)24-15-18-7-5-6-8-19(18)16-27-11-13-28(14-12-27)20-9-3-2-4-10-20/h2-10H,11-16H2,1H3,(H,24,30)(H,25,26). The molecule has 0 unspecified atom stereocenters. The van der Waals surface area contributed by atoms with Crippen LogP contribution in [0.3, 0.4) is 0 Å². The highest BCUT2D eigenvalue weighted by Crippen LogP contribution is 2.21. The Morgan fingerprint density at radius 3 is 2.41 bits per heavy atom. The number of carbonyl (C=O) groups excluding carboxylic acids is 1. The number of hydrogen-bond donors (Lipinski definition) is 2. The van der Waals surface area contributed by atoms with Gasteiger partial charge in [-0.2, -0.15) is 5.10 Å². The Bertz CT molecular complexity index is 1090. The SMILES string of the molecule is Cc1[nH]nc(C(=O)NCc2ccccc2CN2CCN(c3ccccc3)CC2)c1[N+](=O)[O-]. The molecule has 4 rings (SSSR count). The number of benzene rings is 2. The summed E-state index contributed by atoms with van der Waals surface area (Å²) in [5.74, 6) is -0.563. The van der Waals surface area contributed by atoms with Crippen LogP contribution in [0.1, 0.15) is 27.3 Å². The Morgan fingerprint density at radius 2 is 1.72 bits per heavy atom. The minimum Gasteiger partial charge on any atom is -0.369 e. The maximum atomic E-state index is 12.5. The van der Waals surface area contributed by atoms with Crippen molar-refractivity contribution < 1.29 is 9.72 Å². The molecule has 1 amide bonds. The number of hydrogen-bond acceptors (Lipinski definition) is 6. The summed E-state index contributed by atoms with van der Waals surface area (Å²) < 4.78 is 0. The number of piperazine rings is 1. The van der Waals surface area contributed by atoms with Gasteiger partial charge in [0.15, 0.2) is 0 Å². The molecular formula is C23H26N6O3. The molecule has 0 bridgehead atoms. The molecule has 0 radical (unpaired) electrons. The van der Waals surface area contributed by atoms with Crippen molar-refractivity contribution in [2.75, 3.05) is 31.1 Å². The number of nitro groups is 1. The predicted molar refractivity (Wildman–Crippen MR) is 122 cm³/mol. The molecule has 1 saturated heterocycles. The molecule has 3 aromatic rings. The van der Waals surface area contributed by atoms with Crippen LogP contribution in [0.15, 0.2) is 54.6 Å². The number of anilines is 1. The number of aromatic amines is 1. The first-order valence-corrected chi connectivity index (χ1v) is 10.6. The lowest BCUT2D eigenvalue weighted by atomic mass is 10.1. The largest absolute Gasteiger partial charge is 0.369 e. The van der Waals surface area contributed by atoms with E-state index in [0.717, 1.165) is 43.9 Å². The molecular weight excluding hydrogens is 408 g/mol. The maximum Gasteiger partial charge on any atom is 0.322 e. The number of aromatic nitrogens is 2. The van der Waals surface area contributed by atoms with Gasteiger partial charge in [0.2, 0.25) is 5.69 Å². The molecule has 1 fully saturated rings. The van der Waals surface area contributed by atoms with Crippen molar-refractivity contribution in [1.82, 2.24) is 20.4 Å². The quantitative estimate of drug-likeness (QED) is 0.437. The molecule has 0 saturated carbocycles. The van der Waals surface area contributed by atoms with Crippen LogP contribution in [-0.4, -0.2) is 52.1 Å². The van der Waals surface area contributed by atoms with Gasteiger partial charge in [0.25, 0.3) is 5.91 Å². The van der Waals surface area contributed by atoms with E-state index < -0.39 is 10.8 Å². The summed E-state index contributed by atoms with van der Waals surface area (Å²) in [7, 11) is 0. The van der Waals surface area contributed by atoms with Gasteiger partial charge in [0.1, 0.15) is 5.69 Å². The van der Waals surface area contributed by atoms with Gasteiger partial charge in [-0.05, 0) is 30.2 Å². The van der Waals surface area contributed by atoms with Gasteiger partial charge < -0.3 is 10.2 Å². The van der Waals surface area contributed by atoms with E-state index in [9.17, 15) is 14.9 Å². The van der Waals surface area contributed by atoms with Crippen LogP contribution in [0.25, 0.3) is 0 Å². The number of H-pyrrole nitrogens is 1. The lowest BCUT2D eigenvalue weighted by Gasteiger charge is -2.36. The van der Waals surface area contributed by atoms with Crippen molar-refractivity contribution in [2.24, 2.45) is 0 Å². The highest BCUT2D eigenvalue weighted by Gasteiger charge is 2.27. The summed E-state index contributed by atoms with van der Waals surface area (Å²) in [5.41, 5.74) is 3.15. The number of aryl methyl sites for hydroxylation is 1. The predicted octanol–water partition coefficient (Wildman–Crippen LogP) is 2.88. The zero-order valence-corrected chi connectivity index (χ0v) is 18.0. The summed E-state index contributed by atoms with van der Waals surface area (Å²) >= 11 is 0. The second-order valence-corrected chi connectivity index (χ2v) is 7.85. The molecule has 166 valence electrons. The third-order valence-electron chi connectivity index (χ3n) is 5.76. The van der Waals surface area contributed by atoms with Gasteiger partial charge in [-0.3, -0.25) is 24.9 Å². The Hall–Kier alpha value is -3.72. The van der Waals surface area contributed by atoms with E-state index >= 15 is 0 Å². The maximum absolute atomic E-state index is 12.5. The van der Waals surface area contributed by atoms with E-state index in [0.29, 0.717) is 0 Å². The van der Waals surface area contributed by atoms with E-state index in [-0.39, 0.29) is 23.6 Å². The summed E-state index contributed by atoms with van der Waals surface area (Å²) in [6.45, 7) is 6.42. The molecule has 2 heterocycles. The second kappa shape index (κ2) is 9.61.